The summed E-state index contributed by atoms with van der Waals surface area (Å²) in [5.74, 6) is -0.0532. The van der Waals surface area contributed by atoms with Crippen LogP contribution in [0.5, 0.6) is 5.75 Å². The van der Waals surface area contributed by atoms with Gasteiger partial charge in [-0.25, -0.2) is 0 Å². The number of carbonyl (C=O) groups is 3. The van der Waals surface area contributed by atoms with Gasteiger partial charge in [-0.2, -0.15) is 0 Å². The first-order chi connectivity index (χ1) is 13.0. The molecule has 0 fully saturated rings. The van der Waals surface area contributed by atoms with E-state index in [4.69, 9.17) is 9.47 Å². The number of hydrogen-bond acceptors (Lipinski definition) is 6. The van der Waals surface area contributed by atoms with E-state index in [0.29, 0.717) is 24.4 Å². The number of esters is 1. The van der Waals surface area contributed by atoms with Crippen molar-refractivity contribution in [2.75, 3.05) is 6.61 Å². The molecular formula is C20H23NO5S. The van der Waals surface area contributed by atoms with Crippen molar-refractivity contribution in [3.8, 4) is 5.75 Å². The average Bonchev–Trinajstić information content (AvgIpc) is 3.12. The van der Waals surface area contributed by atoms with E-state index in [1.54, 1.807) is 19.1 Å². The Morgan fingerprint density at radius 3 is 2.56 bits per heavy atom. The predicted molar refractivity (Wildman–Crippen MR) is 103 cm³/mol. The molecule has 2 rings (SSSR count). The average molecular weight is 389 g/mol. The summed E-state index contributed by atoms with van der Waals surface area (Å²) in [5, 5.41) is 2.68. The van der Waals surface area contributed by atoms with Crippen molar-refractivity contribution in [1.29, 1.82) is 0 Å². The molecule has 1 atom stereocenters. The fourth-order valence-corrected chi connectivity index (χ4v) is 3.22. The Balaban J connectivity index is 1.71. The van der Waals surface area contributed by atoms with Crippen LogP contribution in [0, 0.1) is 0 Å². The quantitative estimate of drug-likeness (QED) is 0.383. The third kappa shape index (κ3) is 7.22. The summed E-state index contributed by atoms with van der Waals surface area (Å²) in [5.41, 5.74) is 0. The molecule has 6 nitrogen and oxygen atoms in total. The van der Waals surface area contributed by atoms with Gasteiger partial charge in [-0.15, -0.1) is 11.3 Å². The van der Waals surface area contributed by atoms with E-state index in [1.807, 2.05) is 30.3 Å². The molecule has 1 unspecified atom stereocenters. The molecule has 1 N–H and O–H groups in total. The minimum atomic E-state index is -0.847. The number of carbonyl (C=O) groups excluding carboxylic acids is 3. The van der Waals surface area contributed by atoms with E-state index in [0.717, 1.165) is 10.6 Å². The minimum absolute atomic E-state index is 0.130. The van der Waals surface area contributed by atoms with Crippen LogP contribution in [-0.4, -0.2) is 30.4 Å². The first-order valence-corrected chi connectivity index (χ1v) is 9.52. The molecule has 2 aromatic rings. The molecule has 0 aliphatic heterocycles. The Labute approximate surface area is 162 Å². The van der Waals surface area contributed by atoms with Crippen LogP contribution in [0.4, 0.5) is 0 Å². The van der Waals surface area contributed by atoms with E-state index in [2.05, 4.69) is 5.32 Å². The van der Waals surface area contributed by atoms with Gasteiger partial charge in [0.25, 0.3) is 0 Å². The summed E-state index contributed by atoms with van der Waals surface area (Å²) in [6.45, 7) is 3.78. The Hall–Kier alpha value is -2.67. The number of para-hydroxylation sites is 1. The van der Waals surface area contributed by atoms with Crippen LogP contribution in [0.2, 0.25) is 0 Å². The Morgan fingerprint density at radius 2 is 1.85 bits per heavy atom. The lowest BCUT2D eigenvalue weighted by Gasteiger charge is -2.11. The first kappa shape index (κ1) is 20.6. The maximum atomic E-state index is 12.4. The standard InChI is InChI=1S/C20H23NO5S/c1-14(20(24)18-11-10-17(27-18)13-21-15(2)22)26-19(23)9-6-12-25-16-7-4-3-5-8-16/h3-5,7-8,10-11,14H,6,9,12-13H2,1-2H3,(H,21,22). The lowest BCUT2D eigenvalue weighted by Crippen LogP contribution is -2.24. The number of benzene rings is 1. The number of nitrogens with one attached hydrogen (secondary N) is 1. The molecule has 27 heavy (non-hydrogen) atoms. The lowest BCUT2D eigenvalue weighted by atomic mass is 10.2. The maximum absolute atomic E-state index is 12.4. The summed E-state index contributed by atoms with van der Waals surface area (Å²) in [6, 6.07) is 12.8. The summed E-state index contributed by atoms with van der Waals surface area (Å²) in [4.78, 5) is 36.6. The number of rotatable bonds is 10. The molecule has 1 aromatic heterocycles. The number of ether oxygens (including phenoxy) is 2. The van der Waals surface area contributed by atoms with Crippen LogP contribution < -0.4 is 10.1 Å². The summed E-state index contributed by atoms with van der Waals surface area (Å²) < 4.78 is 10.7. The van der Waals surface area contributed by atoms with Crippen molar-refractivity contribution in [3.63, 3.8) is 0 Å². The van der Waals surface area contributed by atoms with Gasteiger partial charge in [0.1, 0.15) is 5.75 Å². The third-order valence-corrected chi connectivity index (χ3v) is 4.73. The van der Waals surface area contributed by atoms with Crippen molar-refractivity contribution < 1.29 is 23.9 Å². The van der Waals surface area contributed by atoms with Gasteiger partial charge in [-0.3, -0.25) is 14.4 Å². The molecule has 7 heteroatoms. The van der Waals surface area contributed by atoms with Crippen LogP contribution in [0.1, 0.15) is 41.2 Å². The fourth-order valence-electron chi connectivity index (χ4n) is 2.25. The van der Waals surface area contributed by atoms with Gasteiger partial charge in [-0.1, -0.05) is 18.2 Å². The summed E-state index contributed by atoms with van der Waals surface area (Å²) in [7, 11) is 0. The molecule has 0 bridgehead atoms. The van der Waals surface area contributed by atoms with Crippen molar-refractivity contribution >= 4 is 29.0 Å². The van der Waals surface area contributed by atoms with Gasteiger partial charge < -0.3 is 14.8 Å². The van der Waals surface area contributed by atoms with Gasteiger partial charge in [0.15, 0.2) is 6.10 Å². The highest BCUT2D eigenvalue weighted by Gasteiger charge is 2.21. The van der Waals surface area contributed by atoms with Gasteiger partial charge in [-0.05, 0) is 37.6 Å². The van der Waals surface area contributed by atoms with E-state index in [1.165, 1.54) is 18.3 Å². The smallest absolute Gasteiger partial charge is 0.306 e. The Bertz CT molecular complexity index is 772. The Kier molecular flexibility index (Phi) is 8.00. The number of hydrogen-bond donors (Lipinski definition) is 1. The monoisotopic (exact) mass is 389 g/mol. The van der Waals surface area contributed by atoms with Crippen molar-refractivity contribution in [3.05, 3.63) is 52.2 Å². The largest absolute Gasteiger partial charge is 0.494 e. The topological polar surface area (TPSA) is 81.7 Å². The van der Waals surface area contributed by atoms with E-state index in [-0.39, 0.29) is 18.1 Å². The van der Waals surface area contributed by atoms with E-state index >= 15 is 0 Å². The van der Waals surface area contributed by atoms with Gasteiger partial charge in [0.05, 0.1) is 18.0 Å². The maximum Gasteiger partial charge on any atom is 0.306 e. The second-order valence-electron chi connectivity index (χ2n) is 5.94. The molecule has 0 spiro atoms. The van der Waals surface area contributed by atoms with Gasteiger partial charge >= 0.3 is 5.97 Å². The highest BCUT2D eigenvalue weighted by Crippen LogP contribution is 2.19. The highest BCUT2D eigenvalue weighted by molar-refractivity contribution is 7.14. The molecule has 0 saturated heterocycles. The molecule has 1 amide bonds. The summed E-state index contributed by atoms with van der Waals surface area (Å²) >= 11 is 1.28. The second kappa shape index (κ2) is 10.5. The molecule has 1 aromatic carbocycles. The molecule has 0 saturated carbocycles. The van der Waals surface area contributed by atoms with Crippen molar-refractivity contribution in [1.82, 2.24) is 5.32 Å². The van der Waals surface area contributed by atoms with Crippen LogP contribution in [0.15, 0.2) is 42.5 Å². The SMILES string of the molecule is CC(=O)NCc1ccc(C(=O)C(C)OC(=O)CCCOc2ccccc2)s1. The zero-order valence-corrected chi connectivity index (χ0v) is 16.2. The van der Waals surface area contributed by atoms with Crippen LogP contribution >= 0.6 is 11.3 Å². The van der Waals surface area contributed by atoms with E-state index in [9.17, 15) is 14.4 Å². The van der Waals surface area contributed by atoms with Crippen LogP contribution in [0.25, 0.3) is 0 Å². The summed E-state index contributed by atoms with van der Waals surface area (Å²) in [6.07, 6.45) is -0.156. The molecule has 1 heterocycles. The predicted octanol–water partition coefficient (Wildman–Crippen LogP) is 3.36. The normalized spacial score (nSPS) is 11.5. The fraction of sp³-hybridized carbons (Fsp3) is 0.350. The Morgan fingerprint density at radius 1 is 1.11 bits per heavy atom. The zero-order chi connectivity index (χ0) is 19.6. The third-order valence-electron chi connectivity index (χ3n) is 3.63. The zero-order valence-electron chi connectivity index (χ0n) is 15.4. The molecule has 0 radical (unpaired) electrons. The molecule has 144 valence electrons. The minimum Gasteiger partial charge on any atom is -0.494 e. The van der Waals surface area contributed by atoms with Gasteiger partial charge in [0.2, 0.25) is 11.7 Å². The molecule has 0 aliphatic rings. The second-order valence-corrected chi connectivity index (χ2v) is 7.11. The van der Waals surface area contributed by atoms with Crippen LogP contribution in [0.3, 0.4) is 0 Å². The number of ketones is 1. The van der Waals surface area contributed by atoms with Crippen molar-refractivity contribution in [2.45, 2.75) is 39.3 Å². The van der Waals surface area contributed by atoms with E-state index < -0.39 is 12.1 Å². The first-order valence-electron chi connectivity index (χ1n) is 8.70. The van der Waals surface area contributed by atoms with Gasteiger partial charge in [0, 0.05) is 18.2 Å². The lowest BCUT2D eigenvalue weighted by molar-refractivity contribution is -0.146. The van der Waals surface area contributed by atoms with Crippen molar-refractivity contribution in [2.24, 2.45) is 0 Å². The number of Topliss-reactive ketones (excluding diaryl/α,β-unsaturated/α-hetero) is 1. The molecule has 0 aliphatic carbocycles. The highest BCUT2D eigenvalue weighted by atomic mass is 32.1. The number of thiophene rings is 1. The van der Waals surface area contributed by atoms with Crippen LogP contribution in [-0.2, 0) is 20.9 Å². The molecular weight excluding hydrogens is 366 g/mol. The number of amides is 1.